The second-order valence-electron chi connectivity index (χ2n) is 10.6. The molecule has 1 aliphatic rings. The van der Waals surface area contributed by atoms with Crippen molar-refractivity contribution in [3.05, 3.63) is 74.0 Å². The normalized spacial score (nSPS) is 15.2. The first kappa shape index (κ1) is 23.8. The summed E-state index contributed by atoms with van der Waals surface area (Å²) in [5.41, 5.74) is 14.8. The molecule has 3 nitrogen and oxygen atoms in total. The van der Waals surface area contributed by atoms with E-state index in [2.05, 4.69) is 77.6 Å². The number of fused-ring (bicyclic) bond motifs is 2. The lowest BCUT2D eigenvalue weighted by Gasteiger charge is -2.22. The quantitative estimate of drug-likeness (QED) is 0.309. The van der Waals surface area contributed by atoms with Crippen LogP contribution in [0.15, 0.2) is 28.3 Å². The summed E-state index contributed by atoms with van der Waals surface area (Å²) in [6.45, 7) is 19.1. The van der Waals surface area contributed by atoms with E-state index in [0.717, 1.165) is 23.3 Å². The molecule has 1 aliphatic carbocycles. The highest BCUT2D eigenvalue weighted by Crippen LogP contribution is 2.38. The van der Waals surface area contributed by atoms with Gasteiger partial charge in [-0.3, -0.25) is 0 Å². The van der Waals surface area contributed by atoms with Crippen molar-refractivity contribution in [1.82, 2.24) is 4.57 Å². The van der Waals surface area contributed by atoms with Crippen LogP contribution in [0.4, 0.5) is 0 Å². The molecule has 4 rings (SSSR count). The van der Waals surface area contributed by atoms with Crippen molar-refractivity contribution in [2.24, 2.45) is 11.4 Å². The molecule has 0 amide bonds. The number of rotatable bonds is 3. The van der Waals surface area contributed by atoms with E-state index < -0.39 is 16.1 Å². The van der Waals surface area contributed by atoms with Crippen LogP contribution in [0.1, 0.15) is 70.8 Å². The van der Waals surface area contributed by atoms with Gasteiger partial charge in [0.1, 0.15) is 21.8 Å². The zero-order valence-electron chi connectivity index (χ0n) is 21.7. The van der Waals surface area contributed by atoms with Crippen molar-refractivity contribution in [2.75, 3.05) is 0 Å². The lowest BCUT2D eigenvalue weighted by Crippen LogP contribution is -2.27. The fourth-order valence-electron chi connectivity index (χ4n) is 4.95. The van der Waals surface area contributed by atoms with Crippen molar-refractivity contribution >= 4 is 34.1 Å². The summed E-state index contributed by atoms with van der Waals surface area (Å²) in [6, 6.07) is 4.49. The third kappa shape index (κ3) is 3.87. The molecule has 0 spiro atoms. The van der Waals surface area contributed by atoms with Crippen molar-refractivity contribution < 1.29 is 4.55 Å². The van der Waals surface area contributed by atoms with Gasteiger partial charge in [-0.25, -0.2) is 0 Å². The fraction of sp³-hybridized carbons (Fsp3) is 0.414. The molecular formula is C29H36N2OS. The maximum atomic E-state index is 13.3. The van der Waals surface area contributed by atoms with E-state index in [9.17, 15) is 4.55 Å². The molecule has 4 heteroatoms. The molecule has 0 radical (unpaired) electrons. The van der Waals surface area contributed by atoms with Crippen LogP contribution in [-0.4, -0.2) is 19.6 Å². The van der Waals surface area contributed by atoms with Crippen LogP contribution < -0.4 is 0 Å². The highest BCUT2D eigenvalue weighted by atomic mass is 32.2. The van der Waals surface area contributed by atoms with E-state index in [0.29, 0.717) is 0 Å². The predicted molar refractivity (Wildman–Crippen MR) is 144 cm³/mol. The molecule has 1 heterocycles. The molecule has 1 aromatic heterocycles. The summed E-state index contributed by atoms with van der Waals surface area (Å²) >= 11 is -1.36. The first-order valence-corrected chi connectivity index (χ1v) is 12.8. The topological polar surface area (TPSA) is 40.4 Å². The monoisotopic (exact) mass is 460 g/mol. The highest BCUT2D eigenvalue weighted by molar-refractivity contribution is 7.91. The van der Waals surface area contributed by atoms with E-state index in [1.807, 2.05) is 20.8 Å². The number of allylic oxidation sites excluding steroid dienone is 1. The van der Waals surface area contributed by atoms with E-state index >= 15 is 0 Å². The van der Waals surface area contributed by atoms with Gasteiger partial charge in [-0.2, -0.15) is 0 Å². The van der Waals surface area contributed by atoms with Gasteiger partial charge in [0, 0.05) is 30.6 Å². The molecule has 2 aromatic carbocycles. The van der Waals surface area contributed by atoms with E-state index in [1.54, 1.807) is 0 Å². The van der Waals surface area contributed by atoms with Gasteiger partial charge in [0.15, 0.2) is 0 Å². The van der Waals surface area contributed by atoms with Crippen molar-refractivity contribution in [2.45, 2.75) is 73.5 Å². The Morgan fingerprint density at radius 3 is 2.27 bits per heavy atom. The van der Waals surface area contributed by atoms with Gasteiger partial charge in [-0.1, -0.05) is 10.5 Å². The van der Waals surface area contributed by atoms with E-state index in [1.165, 1.54) is 55.4 Å². The molecule has 0 saturated carbocycles. The van der Waals surface area contributed by atoms with Crippen LogP contribution in [0.3, 0.4) is 0 Å². The van der Waals surface area contributed by atoms with Crippen molar-refractivity contribution in [1.29, 1.82) is 0 Å². The summed E-state index contributed by atoms with van der Waals surface area (Å²) in [4.78, 5) is 0. The predicted octanol–water partition coefficient (Wildman–Crippen LogP) is 6.92. The lowest BCUT2D eigenvalue weighted by atomic mass is 9.89. The van der Waals surface area contributed by atoms with Gasteiger partial charge in [0.05, 0.1) is 5.52 Å². The third-order valence-electron chi connectivity index (χ3n) is 7.43. The largest absolute Gasteiger partial charge is 0.591 e. The number of hydrogen-bond donors (Lipinski definition) is 0. The second-order valence-corrected chi connectivity index (χ2v) is 12.5. The van der Waals surface area contributed by atoms with Crippen LogP contribution in [-0.2, 0) is 24.8 Å². The minimum absolute atomic E-state index is 0.427. The Labute approximate surface area is 201 Å². The number of benzene rings is 2. The Morgan fingerprint density at radius 2 is 1.64 bits per heavy atom. The Kier molecular flexibility index (Phi) is 5.91. The number of aromatic nitrogens is 1. The Morgan fingerprint density at radius 1 is 0.970 bits per heavy atom. The van der Waals surface area contributed by atoms with Crippen LogP contribution >= 0.6 is 0 Å². The summed E-state index contributed by atoms with van der Waals surface area (Å²) in [5.74, 6) is 0. The lowest BCUT2D eigenvalue weighted by molar-refractivity contribution is 0.561. The summed E-state index contributed by atoms with van der Waals surface area (Å²) < 4.78 is 20.1. The van der Waals surface area contributed by atoms with E-state index in [4.69, 9.17) is 4.40 Å². The summed E-state index contributed by atoms with van der Waals surface area (Å²) in [7, 11) is 2.09. The number of nitrogens with zero attached hydrogens (tertiary/aromatic N) is 2. The molecule has 33 heavy (non-hydrogen) atoms. The molecule has 0 fully saturated rings. The smallest absolute Gasteiger partial charge is 0.144 e. The van der Waals surface area contributed by atoms with Gasteiger partial charge in [-0.05, 0) is 125 Å². The van der Waals surface area contributed by atoms with Gasteiger partial charge in [-0.15, -0.1) is 0 Å². The molecule has 0 N–H and O–H groups in total. The summed E-state index contributed by atoms with van der Waals surface area (Å²) in [6.07, 6.45) is 5.23. The molecule has 0 bridgehead atoms. The van der Waals surface area contributed by atoms with Crippen LogP contribution in [0.25, 0.3) is 17.0 Å². The SMILES string of the molecule is Cc1cc2c(c(C)c1C)C=C(/C(=N\[S+]([O-])C(C)(C)C)c1c(C)c(C)c(C)c3c1ccn3C)C2. The van der Waals surface area contributed by atoms with Crippen molar-refractivity contribution in [3.63, 3.8) is 0 Å². The van der Waals surface area contributed by atoms with E-state index in [-0.39, 0.29) is 0 Å². The first-order chi connectivity index (χ1) is 15.3. The Bertz CT molecular complexity index is 1350. The molecule has 3 aromatic rings. The maximum absolute atomic E-state index is 13.3. The minimum atomic E-state index is -1.36. The second kappa shape index (κ2) is 8.18. The molecule has 174 valence electrons. The standard InChI is InChI=1S/C29H36N2OS/c1-16-13-22-14-23(15-25(22)19(4)17(16)2)27(30-33(32)29(7,8)9)26-20(5)18(3)21(6)28-24(26)11-12-31(28)10/h11-13,15H,14H2,1-10H3/b30-27+. The highest BCUT2D eigenvalue weighted by Gasteiger charge is 2.31. The van der Waals surface area contributed by atoms with Crippen LogP contribution in [0.5, 0.6) is 0 Å². The molecule has 1 unspecified atom stereocenters. The average Bonchev–Trinajstić information content (AvgIpc) is 3.32. The Hall–Kier alpha value is -2.30. The molecule has 0 saturated heterocycles. The van der Waals surface area contributed by atoms with Gasteiger partial charge < -0.3 is 9.12 Å². The van der Waals surface area contributed by atoms with Crippen molar-refractivity contribution in [3.8, 4) is 0 Å². The van der Waals surface area contributed by atoms with Gasteiger partial charge in [0.2, 0.25) is 0 Å². The molecule has 1 atom stereocenters. The zero-order chi connectivity index (χ0) is 24.4. The number of hydrogen-bond acceptors (Lipinski definition) is 2. The Balaban J connectivity index is 2.02. The first-order valence-electron chi connectivity index (χ1n) is 11.7. The zero-order valence-corrected chi connectivity index (χ0v) is 22.5. The van der Waals surface area contributed by atoms with Gasteiger partial charge >= 0.3 is 0 Å². The molecular weight excluding hydrogens is 424 g/mol. The minimum Gasteiger partial charge on any atom is -0.591 e. The average molecular weight is 461 g/mol. The number of aryl methyl sites for hydroxylation is 3. The third-order valence-corrected chi connectivity index (χ3v) is 8.83. The maximum Gasteiger partial charge on any atom is 0.144 e. The van der Waals surface area contributed by atoms with Crippen LogP contribution in [0.2, 0.25) is 0 Å². The fourth-order valence-corrected chi connectivity index (χ4v) is 5.60. The van der Waals surface area contributed by atoms with Crippen LogP contribution in [0, 0.1) is 41.5 Å². The van der Waals surface area contributed by atoms with Gasteiger partial charge in [0.25, 0.3) is 0 Å². The summed E-state index contributed by atoms with van der Waals surface area (Å²) in [5, 5.41) is 1.18. The molecule has 0 aliphatic heterocycles.